The Balaban J connectivity index is 1.41. The molecule has 0 aromatic heterocycles. The lowest BCUT2D eigenvalue weighted by molar-refractivity contribution is -0.119. The van der Waals surface area contributed by atoms with Crippen molar-refractivity contribution in [3.05, 3.63) is 24.0 Å². The molecule has 4 atom stereocenters. The number of cyclic esters (lactones) is 1. The third kappa shape index (κ3) is 3.29. The Bertz CT molecular complexity index is 790. The number of carbonyl (C=O) groups excluding carboxylic acids is 2. The van der Waals surface area contributed by atoms with Gasteiger partial charge in [0.1, 0.15) is 11.9 Å². The van der Waals surface area contributed by atoms with Crippen LogP contribution in [0.3, 0.4) is 0 Å². The lowest BCUT2D eigenvalue weighted by Crippen LogP contribution is -2.33. The highest BCUT2D eigenvalue weighted by atomic mass is 19.1. The highest BCUT2D eigenvalue weighted by molar-refractivity contribution is 5.90. The van der Waals surface area contributed by atoms with Crippen molar-refractivity contribution >= 4 is 29.6 Å². The normalized spacial score (nSPS) is 29.2. The van der Waals surface area contributed by atoms with E-state index in [-0.39, 0.29) is 30.7 Å². The monoisotopic (exact) mass is 376 g/mol. The summed E-state index contributed by atoms with van der Waals surface area (Å²) < 4.78 is 19.9. The molecular formula is C18H21FN4O4. The van der Waals surface area contributed by atoms with E-state index in [4.69, 9.17) is 9.94 Å². The molecule has 27 heavy (non-hydrogen) atoms. The Labute approximate surface area is 155 Å². The molecule has 1 saturated carbocycles. The summed E-state index contributed by atoms with van der Waals surface area (Å²) in [5.74, 6) is 0.509. The Morgan fingerprint density at radius 2 is 2.15 bits per heavy atom. The first-order valence-electron chi connectivity index (χ1n) is 8.92. The smallest absolute Gasteiger partial charge is 0.414 e. The maximum atomic E-state index is 14.7. The minimum absolute atomic E-state index is 0.198. The number of benzene rings is 1. The van der Waals surface area contributed by atoms with Crippen molar-refractivity contribution in [3.8, 4) is 0 Å². The number of hydrogen-bond donors (Lipinski definition) is 2. The highest BCUT2D eigenvalue weighted by Crippen LogP contribution is 2.51. The van der Waals surface area contributed by atoms with Gasteiger partial charge in [0, 0.05) is 32.1 Å². The van der Waals surface area contributed by atoms with Gasteiger partial charge in [-0.2, -0.15) is 0 Å². The molecule has 3 fully saturated rings. The number of piperidine rings is 1. The van der Waals surface area contributed by atoms with Gasteiger partial charge in [-0.15, -0.1) is 5.16 Å². The Kier molecular flexibility index (Phi) is 4.37. The molecule has 2 aliphatic heterocycles. The van der Waals surface area contributed by atoms with E-state index < -0.39 is 12.2 Å². The predicted molar refractivity (Wildman–Crippen MR) is 95.7 cm³/mol. The van der Waals surface area contributed by atoms with Crippen LogP contribution in [0, 0.1) is 23.6 Å². The molecule has 144 valence electrons. The molecule has 8 nitrogen and oxygen atoms in total. The van der Waals surface area contributed by atoms with Gasteiger partial charge in [-0.3, -0.25) is 9.69 Å². The van der Waals surface area contributed by atoms with Gasteiger partial charge in [-0.05, 0) is 30.0 Å². The third-order valence-corrected chi connectivity index (χ3v) is 5.54. The fraction of sp³-hybridized carbons (Fsp3) is 0.500. The van der Waals surface area contributed by atoms with Gasteiger partial charge in [-0.25, -0.2) is 9.18 Å². The number of halogens is 1. The molecule has 9 heteroatoms. The fourth-order valence-electron chi connectivity index (χ4n) is 4.08. The van der Waals surface area contributed by atoms with Gasteiger partial charge >= 0.3 is 6.09 Å². The van der Waals surface area contributed by atoms with Crippen LogP contribution in [0.5, 0.6) is 0 Å². The summed E-state index contributed by atoms with van der Waals surface area (Å²) >= 11 is 0. The number of hydrogen-bond acceptors (Lipinski definition) is 6. The number of carbonyl (C=O) groups is 2. The Hall–Kier alpha value is -2.84. The zero-order chi connectivity index (χ0) is 19.1. The number of nitrogens with zero attached hydrogens (tertiary/aromatic N) is 3. The first kappa shape index (κ1) is 17.6. The van der Waals surface area contributed by atoms with E-state index in [1.54, 1.807) is 18.3 Å². The molecule has 0 bridgehead atoms. The molecule has 2 amide bonds. The van der Waals surface area contributed by atoms with Crippen LogP contribution < -0.4 is 15.1 Å². The van der Waals surface area contributed by atoms with Crippen LogP contribution in [0.25, 0.3) is 0 Å². The summed E-state index contributed by atoms with van der Waals surface area (Å²) in [6, 6.07) is 4.73. The van der Waals surface area contributed by atoms with Gasteiger partial charge in [-0.1, -0.05) is 0 Å². The van der Waals surface area contributed by atoms with Crippen molar-refractivity contribution < 1.29 is 23.9 Å². The van der Waals surface area contributed by atoms with E-state index in [1.165, 1.54) is 17.9 Å². The summed E-state index contributed by atoms with van der Waals surface area (Å²) in [5, 5.41) is 14.3. The number of fused-ring (bicyclic) bond motifs is 1. The quantitative estimate of drug-likeness (QED) is 0.461. The van der Waals surface area contributed by atoms with Crippen LogP contribution in [0.2, 0.25) is 0 Å². The second kappa shape index (κ2) is 6.71. The average molecular weight is 376 g/mol. The fourth-order valence-corrected chi connectivity index (χ4v) is 4.08. The Morgan fingerprint density at radius 1 is 1.41 bits per heavy atom. The average Bonchev–Trinajstić information content (AvgIpc) is 2.98. The molecule has 2 saturated heterocycles. The summed E-state index contributed by atoms with van der Waals surface area (Å²) in [4.78, 5) is 26.4. The van der Waals surface area contributed by atoms with Crippen LogP contribution in [-0.2, 0) is 9.53 Å². The van der Waals surface area contributed by atoms with Crippen molar-refractivity contribution in [1.29, 1.82) is 0 Å². The number of oxime groups is 1. The van der Waals surface area contributed by atoms with Crippen molar-refractivity contribution in [2.45, 2.75) is 13.0 Å². The SMILES string of the molecule is CC(=O)NC[C@H]1CN(c2ccc(N3C[C@@H]4C(/C=N/O)[C@@H]4C3)c(F)c2)C(=O)O1. The lowest BCUT2D eigenvalue weighted by atomic mass is 10.2. The standard InChI is InChI=1S/C18H21FN4O4/c1-10(24)20-5-12-7-23(18(25)27-12)11-2-3-17(16(19)4-11)22-8-14-13(6-21-26)15(14)9-22/h2-4,6,12-15,26H,5,7-9H2,1H3,(H,20,24)/b21-6+/t12-,13?,14-,15+/m0/s1. The maximum Gasteiger partial charge on any atom is 0.414 e. The van der Waals surface area contributed by atoms with Gasteiger partial charge in [0.15, 0.2) is 0 Å². The third-order valence-electron chi connectivity index (χ3n) is 5.54. The lowest BCUT2D eigenvalue weighted by Gasteiger charge is -2.23. The van der Waals surface area contributed by atoms with Crippen LogP contribution in [0.4, 0.5) is 20.6 Å². The van der Waals surface area contributed by atoms with E-state index in [0.29, 0.717) is 23.2 Å². The minimum Gasteiger partial charge on any atom is -0.442 e. The topological polar surface area (TPSA) is 94.5 Å². The van der Waals surface area contributed by atoms with E-state index in [9.17, 15) is 14.0 Å². The van der Waals surface area contributed by atoms with Gasteiger partial charge < -0.3 is 20.2 Å². The van der Waals surface area contributed by atoms with Gasteiger partial charge in [0.25, 0.3) is 0 Å². The molecule has 1 aliphatic carbocycles. The molecule has 1 aromatic carbocycles. The zero-order valence-electron chi connectivity index (χ0n) is 14.8. The molecular weight excluding hydrogens is 355 g/mol. The first-order valence-corrected chi connectivity index (χ1v) is 8.92. The number of nitrogens with one attached hydrogen (secondary N) is 1. The van der Waals surface area contributed by atoms with Crippen LogP contribution in [-0.4, -0.2) is 55.7 Å². The maximum absolute atomic E-state index is 14.7. The molecule has 0 radical (unpaired) electrons. The highest BCUT2D eigenvalue weighted by Gasteiger charge is 2.55. The van der Waals surface area contributed by atoms with Crippen LogP contribution in [0.15, 0.2) is 23.4 Å². The van der Waals surface area contributed by atoms with Crippen LogP contribution in [0.1, 0.15) is 6.92 Å². The molecule has 3 aliphatic rings. The molecule has 1 unspecified atom stereocenters. The number of amides is 2. The van der Waals surface area contributed by atoms with Gasteiger partial charge in [0.05, 0.1) is 24.5 Å². The second-order valence-corrected chi connectivity index (χ2v) is 7.26. The minimum atomic E-state index is -0.550. The van der Waals surface area contributed by atoms with Crippen molar-refractivity contribution in [2.75, 3.05) is 36.0 Å². The molecule has 2 N–H and O–H groups in total. The molecule has 0 spiro atoms. The first-order chi connectivity index (χ1) is 13.0. The largest absolute Gasteiger partial charge is 0.442 e. The Morgan fingerprint density at radius 3 is 2.78 bits per heavy atom. The summed E-state index contributed by atoms with van der Waals surface area (Å²) in [6.07, 6.45) is 0.550. The van der Waals surface area contributed by atoms with E-state index >= 15 is 0 Å². The second-order valence-electron chi connectivity index (χ2n) is 7.26. The van der Waals surface area contributed by atoms with Crippen molar-refractivity contribution in [3.63, 3.8) is 0 Å². The number of ether oxygens (including phenoxy) is 1. The molecule has 2 heterocycles. The van der Waals surface area contributed by atoms with E-state index in [2.05, 4.69) is 10.5 Å². The number of rotatable bonds is 5. The zero-order valence-corrected chi connectivity index (χ0v) is 14.8. The number of anilines is 2. The van der Waals surface area contributed by atoms with E-state index in [0.717, 1.165) is 13.1 Å². The summed E-state index contributed by atoms with van der Waals surface area (Å²) in [5.41, 5.74) is 0.939. The molecule has 4 rings (SSSR count). The van der Waals surface area contributed by atoms with E-state index in [1.807, 2.05) is 4.90 Å². The van der Waals surface area contributed by atoms with Crippen molar-refractivity contribution in [2.24, 2.45) is 22.9 Å². The van der Waals surface area contributed by atoms with Crippen LogP contribution >= 0.6 is 0 Å². The summed E-state index contributed by atoms with van der Waals surface area (Å²) in [7, 11) is 0. The molecule has 1 aromatic rings. The van der Waals surface area contributed by atoms with Gasteiger partial charge in [0.2, 0.25) is 5.91 Å². The van der Waals surface area contributed by atoms with Crippen molar-refractivity contribution in [1.82, 2.24) is 5.32 Å². The predicted octanol–water partition coefficient (Wildman–Crippen LogP) is 1.43. The summed E-state index contributed by atoms with van der Waals surface area (Å²) in [6.45, 7) is 3.33.